The molecule has 130 valence electrons. The second-order valence-electron chi connectivity index (χ2n) is 5.34. The minimum Gasteiger partial charge on any atom is -0.497 e. The molecule has 0 spiro atoms. The molecule has 2 rings (SSSR count). The first-order chi connectivity index (χ1) is 11.4. The van der Waals surface area contributed by atoms with Gasteiger partial charge in [0.15, 0.2) is 0 Å². The average molecular weight is 413 g/mol. The van der Waals surface area contributed by atoms with Gasteiger partial charge in [-0.25, -0.2) is 13.1 Å². The van der Waals surface area contributed by atoms with E-state index >= 15 is 0 Å². The minimum atomic E-state index is -3.44. The molecule has 0 aliphatic heterocycles. The third kappa shape index (κ3) is 4.57. The van der Waals surface area contributed by atoms with Crippen molar-refractivity contribution in [2.24, 2.45) is 0 Å². The first-order valence-electron chi connectivity index (χ1n) is 7.46. The van der Waals surface area contributed by atoms with Crippen molar-refractivity contribution in [3.05, 3.63) is 58.1 Å². The summed E-state index contributed by atoms with van der Waals surface area (Å²) in [6.07, 6.45) is 0. The Kier molecular flexibility index (Phi) is 6.40. The zero-order valence-electron chi connectivity index (χ0n) is 13.8. The number of nitrogens with one attached hydrogen (secondary N) is 2. The van der Waals surface area contributed by atoms with Crippen LogP contribution in [0.25, 0.3) is 0 Å². The lowest BCUT2D eigenvalue weighted by atomic mass is 10.1. The van der Waals surface area contributed by atoms with Crippen molar-refractivity contribution in [3.8, 4) is 5.75 Å². The Morgan fingerprint density at radius 3 is 2.62 bits per heavy atom. The van der Waals surface area contributed by atoms with E-state index in [2.05, 4.69) is 26.0 Å². The molecule has 0 fully saturated rings. The van der Waals surface area contributed by atoms with Gasteiger partial charge in [0.25, 0.3) is 0 Å². The van der Waals surface area contributed by atoms with Crippen molar-refractivity contribution in [1.82, 2.24) is 10.0 Å². The molecule has 0 saturated heterocycles. The summed E-state index contributed by atoms with van der Waals surface area (Å²) in [7, 11) is -0.396. The molecule has 1 atom stereocenters. The normalized spacial score (nSPS) is 12.8. The molecule has 7 heteroatoms. The predicted molar refractivity (Wildman–Crippen MR) is 98.6 cm³/mol. The van der Waals surface area contributed by atoms with E-state index in [1.54, 1.807) is 25.3 Å². The average Bonchev–Trinajstić information content (AvgIpc) is 2.60. The van der Waals surface area contributed by atoms with Crippen LogP contribution in [0.3, 0.4) is 0 Å². The number of ether oxygens (including phenoxy) is 1. The van der Waals surface area contributed by atoms with Crippen LogP contribution >= 0.6 is 15.9 Å². The van der Waals surface area contributed by atoms with Gasteiger partial charge in [0.05, 0.1) is 12.0 Å². The number of hydrogen-bond acceptors (Lipinski definition) is 4. The highest BCUT2D eigenvalue weighted by atomic mass is 79.9. The molecule has 0 amide bonds. The molecule has 2 aromatic carbocycles. The number of benzene rings is 2. The monoisotopic (exact) mass is 412 g/mol. The van der Waals surface area contributed by atoms with Gasteiger partial charge < -0.3 is 10.1 Å². The third-order valence-corrected chi connectivity index (χ3v) is 5.97. The van der Waals surface area contributed by atoms with Gasteiger partial charge in [0.2, 0.25) is 10.0 Å². The van der Waals surface area contributed by atoms with Crippen LogP contribution in [0.1, 0.15) is 24.1 Å². The lowest BCUT2D eigenvalue weighted by molar-refractivity contribution is 0.413. The summed E-state index contributed by atoms with van der Waals surface area (Å²) in [5.41, 5.74) is 1.98. The van der Waals surface area contributed by atoms with Gasteiger partial charge in [-0.3, -0.25) is 0 Å². The summed E-state index contributed by atoms with van der Waals surface area (Å²) >= 11 is 3.53. The largest absolute Gasteiger partial charge is 0.497 e. The maximum Gasteiger partial charge on any atom is 0.240 e. The number of rotatable bonds is 7. The molecule has 0 heterocycles. The van der Waals surface area contributed by atoms with Crippen molar-refractivity contribution in [2.45, 2.75) is 24.4 Å². The SMILES string of the molecule is CNS(=O)(=O)c1cccc(C(C)NCc2cc(OC)ccc2Br)c1. The quantitative estimate of drug-likeness (QED) is 0.732. The lowest BCUT2D eigenvalue weighted by Crippen LogP contribution is -2.21. The first kappa shape index (κ1) is 18.9. The summed E-state index contributed by atoms with van der Waals surface area (Å²) in [4.78, 5) is 0.263. The molecular weight excluding hydrogens is 392 g/mol. The zero-order valence-corrected chi connectivity index (χ0v) is 16.2. The van der Waals surface area contributed by atoms with Gasteiger partial charge in [-0.2, -0.15) is 0 Å². The molecule has 1 unspecified atom stereocenters. The van der Waals surface area contributed by atoms with Crippen LogP contribution in [0.5, 0.6) is 5.75 Å². The molecule has 0 radical (unpaired) electrons. The Balaban J connectivity index is 2.13. The Labute approximate surface area is 151 Å². The van der Waals surface area contributed by atoms with E-state index in [1.165, 1.54) is 7.05 Å². The fourth-order valence-electron chi connectivity index (χ4n) is 2.26. The molecule has 5 nitrogen and oxygen atoms in total. The summed E-state index contributed by atoms with van der Waals surface area (Å²) in [6.45, 7) is 2.63. The zero-order chi connectivity index (χ0) is 17.7. The van der Waals surface area contributed by atoms with Gasteiger partial charge in [-0.15, -0.1) is 0 Å². The standard InChI is InChI=1S/C17H21BrN2O3S/c1-12(13-5-4-6-16(10-13)24(21,22)19-2)20-11-14-9-15(23-3)7-8-17(14)18/h4-10,12,19-20H,11H2,1-3H3. The number of halogens is 1. The number of sulfonamides is 1. The summed E-state index contributed by atoms with van der Waals surface area (Å²) in [5.74, 6) is 0.796. The Hall–Kier alpha value is -1.41. The lowest BCUT2D eigenvalue weighted by Gasteiger charge is -2.16. The molecule has 0 bridgehead atoms. The van der Waals surface area contributed by atoms with Crippen LogP contribution < -0.4 is 14.8 Å². The van der Waals surface area contributed by atoms with Crippen molar-refractivity contribution in [3.63, 3.8) is 0 Å². The van der Waals surface area contributed by atoms with Crippen LogP contribution in [0.4, 0.5) is 0 Å². The molecule has 0 saturated carbocycles. The molecule has 24 heavy (non-hydrogen) atoms. The predicted octanol–water partition coefficient (Wildman–Crippen LogP) is 3.22. The van der Waals surface area contributed by atoms with Crippen LogP contribution in [0.2, 0.25) is 0 Å². The number of methoxy groups -OCH3 is 1. The van der Waals surface area contributed by atoms with E-state index in [0.29, 0.717) is 6.54 Å². The summed E-state index contributed by atoms with van der Waals surface area (Å²) < 4.78 is 32.4. The van der Waals surface area contributed by atoms with Crippen molar-refractivity contribution in [1.29, 1.82) is 0 Å². The second-order valence-corrected chi connectivity index (χ2v) is 8.08. The maximum absolute atomic E-state index is 11.9. The van der Waals surface area contributed by atoms with E-state index in [4.69, 9.17) is 4.74 Å². The van der Waals surface area contributed by atoms with Crippen molar-refractivity contribution < 1.29 is 13.2 Å². The van der Waals surface area contributed by atoms with E-state index in [0.717, 1.165) is 21.3 Å². The third-order valence-electron chi connectivity index (χ3n) is 3.79. The van der Waals surface area contributed by atoms with Gasteiger partial charge in [0.1, 0.15) is 5.75 Å². The van der Waals surface area contributed by atoms with Gasteiger partial charge in [-0.1, -0.05) is 28.1 Å². The smallest absolute Gasteiger partial charge is 0.240 e. The topological polar surface area (TPSA) is 67.4 Å². The number of hydrogen-bond donors (Lipinski definition) is 2. The van der Waals surface area contributed by atoms with Crippen LogP contribution in [0, 0.1) is 0 Å². The highest BCUT2D eigenvalue weighted by Gasteiger charge is 2.14. The maximum atomic E-state index is 11.9. The Morgan fingerprint density at radius 1 is 1.21 bits per heavy atom. The summed E-state index contributed by atoms with van der Waals surface area (Å²) in [6, 6.07) is 12.7. The van der Waals surface area contributed by atoms with Gasteiger partial charge in [0, 0.05) is 17.1 Å². The van der Waals surface area contributed by atoms with E-state index in [9.17, 15) is 8.42 Å². The van der Waals surface area contributed by atoms with Gasteiger partial charge >= 0.3 is 0 Å². The fourth-order valence-corrected chi connectivity index (χ4v) is 3.43. The van der Waals surface area contributed by atoms with E-state index in [1.807, 2.05) is 31.2 Å². The fraction of sp³-hybridized carbons (Fsp3) is 0.294. The highest BCUT2D eigenvalue weighted by Crippen LogP contribution is 2.24. The molecule has 0 aromatic heterocycles. The van der Waals surface area contributed by atoms with E-state index in [-0.39, 0.29) is 10.9 Å². The van der Waals surface area contributed by atoms with Crippen LogP contribution in [-0.2, 0) is 16.6 Å². The van der Waals surface area contributed by atoms with E-state index < -0.39 is 10.0 Å². The summed E-state index contributed by atoms with van der Waals surface area (Å²) in [5, 5.41) is 3.40. The molecule has 0 aliphatic rings. The van der Waals surface area contributed by atoms with Crippen LogP contribution in [0.15, 0.2) is 51.8 Å². The molecule has 2 aromatic rings. The van der Waals surface area contributed by atoms with Gasteiger partial charge in [-0.05, 0) is 55.4 Å². The molecule has 2 N–H and O–H groups in total. The molecule has 0 aliphatic carbocycles. The van der Waals surface area contributed by atoms with Crippen molar-refractivity contribution in [2.75, 3.05) is 14.2 Å². The second kappa shape index (κ2) is 8.11. The minimum absolute atomic E-state index is 0.00453. The Bertz CT molecular complexity index is 809. The first-order valence-corrected chi connectivity index (χ1v) is 9.74. The Morgan fingerprint density at radius 2 is 1.96 bits per heavy atom. The van der Waals surface area contributed by atoms with Crippen molar-refractivity contribution >= 4 is 26.0 Å². The molecular formula is C17H21BrN2O3S. The van der Waals surface area contributed by atoms with Crippen LogP contribution in [-0.4, -0.2) is 22.6 Å². The highest BCUT2D eigenvalue weighted by molar-refractivity contribution is 9.10.